The topological polar surface area (TPSA) is 39.1 Å². The number of hydrogen-bond donors (Lipinski definition) is 1. The summed E-state index contributed by atoms with van der Waals surface area (Å²) in [5, 5.41) is 3.38. The van der Waals surface area contributed by atoms with Gasteiger partial charge in [0.25, 0.3) is 0 Å². The molecule has 0 spiro atoms. The quantitative estimate of drug-likeness (QED) is 0.845. The third-order valence-corrected chi connectivity index (χ3v) is 3.75. The van der Waals surface area contributed by atoms with Crippen molar-refractivity contribution in [2.45, 2.75) is 38.3 Å². The lowest BCUT2D eigenvalue weighted by atomic mass is 9.99. The largest absolute Gasteiger partial charge is 0.375 e. The Morgan fingerprint density at radius 3 is 2.88 bits per heavy atom. The molecular weight excluding hydrogens is 214 g/mol. The van der Waals surface area contributed by atoms with Crippen LogP contribution in [0.2, 0.25) is 0 Å². The second-order valence-corrected chi connectivity index (χ2v) is 5.23. The maximum atomic E-state index is 5.85. The first-order valence-corrected chi connectivity index (χ1v) is 6.72. The van der Waals surface area contributed by atoms with E-state index >= 15 is 0 Å². The predicted octanol–water partition coefficient (Wildman–Crippen LogP) is 1.73. The van der Waals surface area contributed by atoms with Gasteiger partial charge in [-0.15, -0.1) is 0 Å². The van der Waals surface area contributed by atoms with E-state index in [4.69, 9.17) is 4.74 Å². The lowest BCUT2D eigenvalue weighted by molar-refractivity contribution is 0.0726. The smallest absolute Gasteiger partial charge is 0.0951 e. The summed E-state index contributed by atoms with van der Waals surface area (Å²) in [5.74, 6) is 0.744. The minimum atomic E-state index is 0.704. The molecule has 2 aliphatic rings. The Morgan fingerprint density at radius 2 is 2.12 bits per heavy atom. The van der Waals surface area contributed by atoms with Crippen molar-refractivity contribution in [2.24, 2.45) is 5.92 Å². The normalized spacial score (nSPS) is 21.9. The number of hydrogen-bond acceptors (Lipinski definition) is 3. The maximum absolute atomic E-state index is 5.85. The van der Waals surface area contributed by atoms with Gasteiger partial charge in [-0.1, -0.05) is 0 Å². The van der Waals surface area contributed by atoms with Crippen LogP contribution in [0.5, 0.6) is 0 Å². The number of nitrogens with one attached hydrogen (secondary N) is 1. The molecule has 0 atom stereocenters. The SMILES string of the molecule is c1ncn(C2CC2)c1COCC1CCNCC1. The molecule has 1 saturated heterocycles. The number of ether oxygens (including phenoxy) is 1. The van der Waals surface area contributed by atoms with Crippen LogP contribution in [-0.2, 0) is 11.3 Å². The van der Waals surface area contributed by atoms with E-state index in [2.05, 4.69) is 14.9 Å². The van der Waals surface area contributed by atoms with Gasteiger partial charge in [-0.2, -0.15) is 0 Å². The molecule has 2 fully saturated rings. The molecule has 2 heterocycles. The van der Waals surface area contributed by atoms with Gasteiger partial charge in [-0.3, -0.25) is 0 Å². The zero-order valence-electron chi connectivity index (χ0n) is 10.3. The molecule has 4 nitrogen and oxygen atoms in total. The van der Waals surface area contributed by atoms with Crippen LogP contribution in [0.3, 0.4) is 0 Å². The van der Waals surface area contributed by atoms with Gasteiger partial charge in [-0.25, -0.2) is 4.98 Å². The van der Waals surface area contributed by atoms with Gasteiger partial charge in [0.05, 0.1) is 31.4 Å². The first kappa shape index (κ1) is 11.2. The van der Waals surface area contributed by atoms with Gasteiger partial charge in [0.15, 0.2) is 0 Å². The summed E-state index contributed by atoms with van der Waals surface area (Å²) >= 11 is 0. The number of rotatable bonds is 5. The molecular formula is C13H21N3O. The van der Waals surface area contributed by atoms with E-state index < -0.39 is 0 Å². The predicted molar refractivity (Wildman–Crippen MR) is 65.7 cm³/mol. The molecule has 0 bridgehead atoms. The monoisotopic (exact) mass is 235 g/mol. The van der Waals surface area contributed by atoms with E-state index in [9.17, 15) is 0 Å². The summed E-state index contributed by atoms with van der Waals surface area (Å²) in [6.07, 6.45) is 9.00. The van der Waals surface area contributed by atoms with Crippen molar-refractivity contribution in [2.75, 3.05) is 19.7 Å². The van der Waals surface area contributed by atoms with Crippen molar-refractivity contribution in [1.82, 2.24) is 14.9 Å². The van der Waals surface area contributed by atoms with Crippen LogP contribution in [0.1, 0.15) is 37.4 Å². The van der Waals surface area contributed by atoms with Gasteiger partial charge in [0.1, 0.15) is 0 Å². The van der Waals surface area contributed by atoms with Crippen molar-refractivity contribution in [3.05, 3.63) is 18.2 Å². The number of aromatic nitrogens is 2. The first-order valence-electron chi connectivity index (χ1n) is 6.72. The Hall–Kier alpha value is -0.870. The van der Waals surface area contributed by atoms with Crippen LogP contribution >= 0.6 is 0 Å². The van der Waals surface area contributed by atoms with Crippen LogP contribution in [0.15, 0.2) is 12.5 Å². The third kappa shape index (κ3) is 2.87. The molecule has 1 aliphatic heterocycles. The fraction of sp³-hybridized carbons (Fsp3) is 0.769. The van der Waals surface area contributed by atoms with Crippen LogP contribution in [0.4, 0.5) is 0 Å². The minimum absolute atomic E-state index is 0.704. The zero-order chi connectivity index (χ0) is 11.5. The van der Waals surface area contributed by atoms with Gasteiger partial charge in [-0.05, 0) is 44.7 Å². The third-order valence-electron chi connectivity index (χ3n) is 3.75. The average molecular weight is 235 g/mol. The molecule has 0 radical (unpaired) electrons. The molecule has 1 N–H and O–H groups in total. The highest BCUT2D eigenvalue weighted by Gasteiger charge is 2.25. The van der Waals surface area contributed by atoms with E-state index in [1.54, 1.807) is 0 Å². The summed E-state index contributed by atoms with van der Waals surface area (Å²) in [5.41, 5.74) is 1.24. The van der Waals surface area contributed by atoms with E-state index in [1.165, 1.54) is 31.4 Å². The fourth-order valence-electron chi connectivity index (χ4n) is 2.50. The van der Waals surface area contributed by atoms with Gasteiger partial charge < -0.3 is 14.6 Å². The van der Waals surface area contributed by atoms with Gasteiger partial charge in [0.2, 0.25) is 0 Å². The minimum Gasteiger partial charge on any atom is -0.375 e. The van der Waals surface area contributed by atoms with Crippen LogP contribution < -0.4 is 5.32 Å². The highest BCUT2D eigenvalue weighted by atomic mass is 16.5. The zero-order valence-corrected chi connectivity index (χ0v) is 10.3. The standard InChI is InChI=1S/C13H21N3O/c1-2-12(1)16-10-15-7-13(16)9-17-8-11-3-5-14-6-4-11/h7,10-12,14H,1-6,8-9H2. The molecule has 3 rings (SSSR count). The van der Waals surface area contributed by atoms with Crippen molar-refractivity contribution in [1.29, 1.82) is 0 Å². The van der Waals surface area contributed by atoms with E-state index in [0.29, 0.717) is 6.04 Å². The Kier molecular flexibility index (Phi) is 3.43. The second-order valence-electron chi connectivity index (χ2n) is 5.23. The second kappa shape index (κ2) is 5.19. The van der Waals surface area contributed by atoms with Crippen molar-refractivity contribution in [3.63, 3.8) is 0 Å². The Bertz CT molecular complexity index is 353. The lowest BCUT2D eigenvalue weighted by Gasteiger charge is -2.22. The first-order chi connectivity index (χ1) is 8.43. The molecule has 0 aromatic carbocycles. The maximum Gasteiger partial charge on any atom is 0.0951 e. The molecule has 1 aliphatic carbocycles. The van der Waals surface area contributed by atoms with E-state index in [0.717, 1.165) is 32.2 Å². The van der Waals surface area contributed by atoms with Crippen molar-refractivity contribution < 1.29 is 4.74 Å². The van der Waals surface area contributed by atoms with Crippen molar-refractivity contribution >= 4 is 0 Å². The molecule has 0 unspecified atom stereocenters. The molecule has 94 valence electrons. The molecule has 1 saturated carbocycles. The van der Waals surface area contributed by atoms with Gasteiger partial charge in [0, 0.05) is 6.04 Å². The number of imidazole rings is 1. The average Bonchev–Trinajstić information content (AvgIpc) is 3.11. The molecule has 4 heteroatoms. The molecule has 0 amide bonds. The van der Waals surface area contributed by atoms with E-state index in [-0.39, 0.29) is 0 Å². The van der Waals surface area contributed by atoms with Crippen molar-refractivity contribution in [3.8, 4) is 0 Å². The Labute approximate surface area is 102 Å². The highest BCUT2D eigenvalue weighted by Crippen LogP contribution is 2.35. The summed E-state index contributed by atoms with van der Waals surface area (Å²) < 4.78 is 8.13. The van der Waals surface area contributed by atoms with Crippen LogP contribution in [0, 0.1) is 5.92 Å². The highest BCUT2D eigenvalue weighted by molar-refractivity contribution is 5.02. The molecule has 1 aromatic heterocycles. The lowest BCUT2D eigenvalue weighted by Crippen LogP contribution is -2.29. The molecule has 17 heavy (non-hydrogen) atoms. The van der Waals surface area contributed by atoms with Crippen LogP contribution in [-0.4, -0.2) is 29.2 Å². The summed E-state index contributed by atoms with van der Waals surface area (Å²) in [6.45, 7) is 3.92. The summed E-state index contributed by atoms with van der Waals surface area (Å²) in [4.78, 5) is 4.22. The Balaban J connectivity index is 1.45. The summed E-state index contributed by atoms with van der Waals surface area (Å²) in [7, 11) is 0. The summed E-state index contributed by atoms with van der Waals surface area (Å²) in [6, 6.07) is 0.704. The molecule has 1 aromatic rings. The fourth-order valence-corrected chi connectivity index (χ4v) is 2.50. The number of piperidine rings is 1. The van der Waals surface area contributed by atoms with Gasteiger partial charge >= 0.3 is 0 Å². The Morgan fingerprint density at radius 1 is 1.29 bits per heavy atom. The number of nitrogens with zero attached hydrogens (tertiary/aromatic N) is 2. The van der Waals surface area contributed by atoms with E-state index in [1.807, 2.05) is 12.5 Å². The van der Waals surface area contributed by atoms with Crippen LogP contribution in [0.25, 0.3) is 0 Å².